The Morgan fingerprint density at radius 1 is 1.44 bits per heavy atom. The topological polar surface area (TPSA) is 41.8 Å². The molecule has 0 amide bonds. The summed E-state index contributed by atoms with van der Waals surface area (Å²) in [6, 6.07) is 7.89. The van der Waals surface area contributed by atoms with Crippen molar-refractivity contribution in [2.45, 2.75) is 25.9 Å². The standard InChI is InChI=1S/C13H17NO2/c1-2-5-12-11-6-3-4-7-13(11)16-9-10(15)8-14-12/h3-4,6-7,10,15H,2,5,8-9H2,1H3. The van der Waals surface area contributed by atoms with Crippen molar-refractivity contribution in [3.05, 3.63) is 29.8 Å². The van der Waals surface area contributed by atoms with Crippen molar-refractivity contribution in [2.24, 2.45) is 4.99 Å². The third-order valence-electron chi connectivity index (χ3n) is 2.61. The van der Waals surface area contributed by atoms with Gasteiger partial charge in [-0.1, -0.05) is 25.5 Å². The molecule has 16 heavy (non-hydrogen) atoms. The third-order valence-corrected chi connectivity index (χ3v) is 2.61. The number of aliphatic imine (C=N–C) groups is 1. The largest absolute Gasteiger partial charge is 0.490 e. The molecule has 0 radical (unpaired) electrons. The van der Waals surface area contributed by atoms with Crippen LogP contribution < -0.4 is 4.74 Å². The minimum absolute atomic E-state index is 0.319. The molecule has 1 atom stereocenters. The van der Waals surface area contributed by atoms with E-state index in [-0.39, 0.29) is 0 Å². The van der Waals surface area contributed by atoms with Crippen LogP contribution in [0.2, 0.25) is 0 Å². The van der Waals surface area contributed by atoms with E-state index in [9.17, 15) is 5.11 Å². The van der Waals surface area contributed by atoms with Crippen molar-refractivity contribution >= 4 is 5.71 Å². The summed E-state index contributed by atoms with van der Waals surface area (Å²) in [5.41, 5.74) is 2.10. The first kappa shape index (κ1) is 11.1. The minimum atomic E-state index is -0.500. The van der Waals surface area contributed by atoms with Crippen LogP contribution in [-0.2, 0) is 0 Å². The van der Waals surface area contributed by atoms with Gasteiger partial charge in [0.25, 0.3) is 0 Å². The summed E-state index contributed by atoms with van der Waals surface area (Å²) in [6.45, 7) is 2.88. The van der Waals surface area contributed by atoms with Gasteiger partial charge in [0.15, 0.2) is 0 Å². The second-order valence-corrected chi connectivity index (χ2v) is 4.00. The Morgan fingerprint density at radius 2 is 2.25 bits per heavy atom. The molecule has 2 rings (SSSR count). The zero-order valence-corrected chi connectivity index (χ0v) is 9.52. The molecule has 1 N–H and O–H groups in total. The number of aliphatic hydroxyl groups is 1. The molecule has 1 aliphatic rings. The lowest BCUT2D eigenvalue weighted by molar-refractivity contribution is 0.113. The number of rotatable bonds is 2. The molecule has 3 heteroatoms. The molecule has 1 aromatic carbocycles. The van der Waals surface area contributed by atoms with Gasteiger partial charge in [0.2, 0.25) is 0 Å². The van der Waals surface area contributed by atoms with E-state index in [1.54, 1.807) is 0 Å². The molecule has 86 valence electrons. The Morgan fingerprint density at radius 3 is 3.06 bits per heavy atom. The Labute approximate surface area is 95.8 Å². The van der Waals surface area contributed by atoms with E-state index in [1.807, 2.05) is 24.3 Å². The molecule has 0 fully saturated rings. The van der Waals surface area contributed by atoms with Crippen LogP contribution in [0.25, 0.3) is 0 Å². The fourth-order valence-corrected chi connectivity index (χ4v) is 1.82. The van der Waals surface area contributed by atoms with Crippen molar-refractivity contribution in [3.8, 4) is 5.75 Å². The number of nitrogens with zero attached hydrogens (tertiary/aromatic N) is 1. The van der Waals surface area contributed by atoms with Gasteiger partial charge in [0.1, 0.15) is 18.5 Å². The summed E-state index contributed by atoms with van der Waals surface area (Å²) in [7, 11) is 0. The number of fused-ring (bicyclic) bond motifs is 1. The summed E-state index contributed by atoms with van der Waals surface area (Å²) < 4.78 is 5.59. The molecule has 3 nitrogen and oxygen atoms in total. The highest BCUT2D eigenvalue weighted by Gasteiger charge is 2.15. The van der Waals surface area contributed by atoms with Crippen molar-refractivity contribution in [2.75, 3.05) is 13.2 Å². The van der Waals surface area contributed by atoms with Gasteiger partial charge in [-0.25, -0.2) is 0 Å². The van der Waals surface area contributed by atoms with E-state index in [1.165, 1.54) is 0 Å². The fraction of sp³-hybridized carbons (Fsp3) is 0.462. The Hall–Kier alpha value is -1.35. The molecule has 0 aromatic heterocycles. The van der Waals surface area contributed by atoms with Gasteiger partial charge in [-0.3, -0.25) is 4.99 Å². The highest BCUT2D eigenvalue weighted by Crippen LogP contribution is 2.22. The maximum Gasteiger partial charge on any atom is 0.128 e. The molecule has 0 saturated heterocycles. The maximum absolute atomic E-state index is 9.59. The third kappa shape index (κ3) is 2.42. The quantitative estimate of drug-likeness (QED) is 0.827. The maximum atomic E-state index is 9.59. The number of benzene rings is 1. The molecule has 0 bridgehead atoms. The first-order valence-electron chi connectivity index (χ1n) is 5.75. The van der Waals surface area contributed by atoms with E-state index in [2.05, 4.69) is 11.9 Å². The SMILES string of the molecule is CCCC1=NCC(O)COc2ccccc21. The van der Waals surface area contributed by atoms with Crippen LogP contribution >= 0.6 is 0 Å². The molecule has 0 spiro atoms. The number of ether oxygens (including phenoxy) is 1. The van der Waals surface area contributed by atoms with Crippen molar-refractivity contribution in [1.29, 1.82) is 0 Å². The zero-order chi connectivity index (χ0) is 11.4. The van der Waals surface area contributed by atoms with Gasteiger partial charge < -0.3 is 9.84 Å². The van der Waals surface area contributed by atoms with Crippen molar-refractivity contribution in [1.82, 2.24) is 0 Å². The van der Waals surface area contributed by atoms with Crippen molar-refractivity contribution < 1.29 is 9.84 Å². The average Bonchev–Trinajstić information content (AvgIpc) is 2.30. The first-order chi connectivity index (χ1) is 7.81. The number of hydrogen-bond donors (Lipinski definition) is 1. The summed E-state index contributed by atoms with van der Waals surface area (Å²) >= 11 is 0. The van der Waals surface area contributed by atoms with Gasteiger partial charge in [-0.15, -0.1) is 0 Å². The molecular weight excluding hydrogens is 202 g/mol. The molecular formula is C13H17NO2. The highest BCUT2D eigenvalue weighted by atomic mass is 16.5. The van der Waals surface area contributed by atoms with Gasteiger partial charge in [-0.2, -0.15) is 0 Å². The van der Waals surface area contributed by atoms with Crippen molar-refractivity contribution in [3.63, 3.8) is 0 Å². The fourth-order valence-electron chi connectivity index (χ4n) is 1.82. The number of aliphatic hydroxyl groups excluding tert-OH is 1. The second kappa shape index (κ2) is 5.12. The van der Waals surface area contributed by atoms with E-state index < -0.39 is 6.10 Å². The van der Waals surface area contributed by atoms with E-state index in [0.717, 1.165) is 29.9 Å². The monoisotopic (exact) mass is 219 g/mol. The highest BCUT2D eigenvalue weighted by molar-refractivity contribution is 6.02. The average molecular weight is 219 g/mol. The van der Waals surface area contributed by atoms with Crippen LogP contribution in [0, 0.1) is 0 Å². The van der Waals surface area contributed by atoms with Gasteiger partial charge in [-0.05, 0) is 18.6 Å². The van der Waals surface area contributed by atoms with Crippen LogP contribution in [0.5, 0.6) is 5.75 Å². The van der Waals surface area contributed by atoms with E-state index in [4.69, 9.17) is 4.74 Å². The zero-order valence-electron chi connectivity index (χ0n) is 9.52. The molecule has 0 aliphatic carbocycles. The summed E-state index contributed by atoms with van der Waals surface area (Å²) in [6.07, 6.45) is 1.47. The van der Waals surface area contributed by atoms with Crippen LogP contribution in [-0.4, -0.2) is 30.1 Å². The Balaban J connectivity index is 2.36. The molecule has 1 aromatic rings. The summed E-state index contributed by atoms with van der Waals surface area (Å²) in [4.78, 5) is 4.48. The van der Waals surface area contributed by atoms with Crippen LogP contribution in [0.1, 0.15) is 25.3 Å². The lowest BCUT2D eigenvalue weighted by Gasteiger charge is -2.18. The minimum Gasteiger partial charge on any atom is -0.490 e. The Bertz CT molecular complexity index is 387. The molecule has 0 saturated carbocycles. The van der Waals surface area contributed by atoms with Crippen LogP contribution in [0.15, 0.2) is 29.3 Å². The number of para-hydroxylation sites is 1. The van der Waals surface area contributed by atoms with E-state index in [0.29, 0.717) is 13.2 Å². The van der Waals surface area contributed by atoms with Crippen LogP contribution in [0.3, 0.4) is 0 Å². The van der Waals surface area contributed by atoms with E-state index >= 15 is 0 Å². The molecule has 1 aliphatic heterocycles. The predicted octanol–water partition coefficient (Wildman–Crippen LogP) is 2.03. The van der Waals surface area contributed by atoms with Gasteiger partial charge in [0, 0.05) is 11.3 Å². The lowest BCUT2D eigenvalue weighted by Crippen LogP contribution is -2.24. The van der Waals surface area contributed by atoms with Gasteiger partial charge >= 0.3 is 0 Å². The molecule has 1 heterocycles. The Kier molecular flexibility index (Phi) is 3.57. The lowest BCUT2D eigenvalue weighted by atomic mass is 10.0. The predicted molar refractivity (Wildman–Crippen MR) is 64.3 cm³/mol. The summed E-state index contributed by atoms with van der Waals surface area (Å²) in [5, 5.41) is 9.59. The smallest absolute Gasteiger partial charge is 0.128 e. The van der Waals surface area contributed by atoms with Crippen LogP contribution in [0.4, 0.5) is 0 Å². The molecule has 1 unspecified atom stereocenters. The normalized spacial score (nSPS) is 20.1. The summed E-state index contributed by atoms with van der Waals surface area (Å²) in [5.74, 6) is 0.827. The first-order valence-corrected chi connectivity index (χ1v) is 5.75. The second-order valence-electron chi connectivity index (χ2n) is 4.00. The van der Waals surface area contributed by atoms with Gasteiger partial charge in [0.05, 0.1) is 6.54 Å². The number of hydrogen-bond acceptors (Lipinski definition) is 3.